The fourth-order valence-corrected chi connectivity index (χ4v) is 3.81. The van der Waals surface area contributed by atoms with Crippen molar-refractivity contribution in [2.24, 2.45) is 10.2 Å². The number of rotatable bonds is 5. The van der Waals surface area contributed by atoms with Crippen LogP contribution in [0.2, 0.25) is 0 Å². The van der Waals surface area contributed by atoms with Crippen LogP contribution in [0.15, 0.2) is 69.9 Å². The molecule has 0 saturated heterocycles. The zero-order valence-corrected chi connectivity index (χ0v) is 18.4. The Hall–Kier alpha value is -4.34. The molecule has 0 aliphatic heterocycles. The van der Waals surface area contributed by atoms with Crippen molar-refractivity contribution in [3.63, 3.8) is 0 Å². The van der Waals surface area contributed by atoms with Gasteiger partial charge in [-0.15, -0.1) is 10.2 Å². The molecule has 2 aromatic heterocycles. The van der Waals surface area contributed by atoms with Crippen LogP contribution in [0.1, 0.15) is 16.8 Å². The highest BCUT2D eigenvalue weighted by molar-refractivity contribution is 7.85. The molecule has 2 heterocycles. The Kier molecular flexibility index (Phi) is 5.50. The number of azo groups is 1. The summed E-state index contributed by atoms with van der Waals surface area (Å²) in [4.78, 5) is -0.253. The number of hydrogen-bond acceptors (Lipinski definition) is 8. The fourth-order valence-electron chi connectivity index (χ4n) is 3.24. The Labute approximate surface area is 189 Å². The maximum atomic E-state index is 11.4. The highest BCUT2D eigenvalue weighted by Crippen LogP contribution is 2.32. The average molecular weight is 462 g/mol. The maximum absolute atomic E-state index is 11.4. The first-order chi connectivity index (χ1) is 15.7. The van der Waals surface area contributed by atoms with Gasteiger partial charge in [0.2, 0.25) is 0 Å². The average Bonchev–Trinajstić information content (AvgIpc) is 3.32. The van der Waals surface area contributed by atoms with Crippen molar-refractivity contribution < 1.29 is 13.0 Å². The van der Waals surface area contributed by atoms with Crippen LogP contribution >= 0.6 is 0 Å². The molecule has 0 amide bonds. The third kappa shape index (κ3) is 4.10. The van der Waals surface area contributed by atoms with Gasteiger partial charge >= 0.3 is 0 Å². The van der Waals surface area contributed by atoms with Crippen molar-refractivity contribution in [3.8, 4) is 17.4 Å². The Morgan fingerprint density at radius 1 is 1.09 bits per heavy atom. The van der Waals surface area contributed by atoms with E-state index >= 15 is 0 Å². The van der Waals surface area contributed by atoms with Gasteiger partial charge in [-0.05, 0) is 49.7 Å². The predicted molar refractivity (Wildman–Crippen MR) is 120 cm³/mol. The molecule has 11 nitrogen and oxygen atoms in total. The van der Waals surface area contributed by atoms with Gasteiger partial charge in [-0.2, -0.15) is 23.9 Å². The number of nitrogens with two attached hydrogens (primary N) is 1. The summed E-state index contributed by atoms with van der Waals surface area (Å²) in [6.07, 6.45) is 1.33. The molecule has 166 valence electrons. The SMILES string of the molecule is Cc1cc(S(=O)(=O)O)ccc1-n1ncc(C#N)c1N=Nc1c(C)nn(-c2ccccc2)c1N. The van der Waals surface area contributed by atoms with Gasteiger partial charge in [0.15, 0.2) is 17.3 Å². The molecule has 4 rings (SSSR count). The second kappa shape index (κ2) is 8.30. The third-order valence-corrected chi connectivity index (χ3v) is 5.72. The molecule has 0 atom stereocenters. The Bertz CT molecular complexity index is 1530. The maximum Gasteiger partial charge on any atom is 0.294 e. The van der Waals surface area contributed by atoms with Crippen LogP contribution in [0.4, 0.5) is 17.3 Å². The lowest BCUT2D eigenvalue weighted by molar-refractivity contribution is 0.483. The molecule has 0 spiro atoms. The second-order valence-electron chi connectivity index (χ2n) is 7.10. The van der Waals surface area contributed by atoms with Gasteiger partial charge in [-0.1, -0.05) is 18.2 Å². The summed E-state index contributed by atoms with van der Waals surface area (Å²) in [6.45, 7) is 3.38. The fraction of sp³-hybridized carbons (Fsp3) is 0.0952. The smallest absolute Gasteiger partial charge is 0.294 e. The minimum atomic E-state index is -4.36. The molecule has 0 unspecified atom stereocenters. The number of nitriles is 1. The van der Waals surface area contributed by atoms with E-state index < -0.39 is 10.1 Å². The lowest BCUT2D eigenvalue weighted by Gasteiger charge is -2.09. The zero-order chi connectivity index (χ0) is 23.8. The van der Waals surface area contributed by atoms with E-state index in [-0.39, 0.29) is 22.1 Å². The molecule has 0 fully saturated rings. The van der Waals surface area contributed by atoms with Crippen molar-refractivity contribution in [3.05, 3.63) is 71.5 Å². The molecular formula is C21H18N8O3S. The Morgan fingerprint density at radius 3 is 2.45 bits per heavy atom. The number of aromatic nitrogens is 4. The standard InChI is InChI=1S/C21H18N8O3S/c1-13-10-17(33(30,31)32)8-9-18(13)29-21(15(11-22)12-24-29)26-25-19-14(2)27-28(20(19)23)16-6-4-3-5-7-16/h3-10,12H,23H2,1-2H3,(H,30,31,32). The second-order valence-corrected chi connectivity index (χ2v) is 8.52. The summed E-state index contributed by atoms with van der Waals surface area (Å²) in [5.41, 5.74) is 9.00. The quantitative estimate of drug-likeness (QED) is 0.336. The Balaban J connectivity index is 1.78. The van der Waals surface area contributed by atoms with Gasteiger partial charge in [0, 0.05) is 0 Å². The molecule has 33 heavy (non-hydrogen) atoms. The van der Waals surface area contributed by atoms with E-state index in [0.29, 0.717) is 22.6 Å². The first kappa shape index (κ1) is 21.9. The van der Waals surface area contributed by atoms with Crippen LogP contribution < -0.4 is 5.73 Å². The minimum Gasteiger partial charge on any atom is -0.382 e. The largest absolute Gasteiger partial charge is 0.382 e. The first-order valence-electron chi connectivity index (χ1n) is 9.59. The number of aryl methyl sites for hydroxylation is 2. The first-order valence-corrected chi connectivity index (χ1v) is 11.0. The number of anilines is 1. The zero-order valence-electron chi connectivity index (χ0n) is 17.6. The van der Waals surface area contributed by atoms with E-state index in [9.17, 15) is 18.2 Å². The van der Waals surface area contributed by atoms with Crippen LogP contribution in [-0.2, 0) is 10.1 Å². The molecule has 0 radical (unpaired) electrons. The summed E-state index contributed by atoms with van der Waals surface area (Å²) < 4.78 is 35.0. The van der Waals surface area contributed by atoms with Crippen LogP contribution in [0.25, 0.3) is 11.4 Å². The number of nitrogen functional groups attached to an aromatic ring is 1. The van der Waals surface area contributed by atoms with Gasteiger partial charge in [-0.3, -0.25) is 4.55 Å². The van der Waals surface area contributed by atoms with Crippen LogP contribution in [0, 0.1) is 25.2 Å². The van der Waals surface area contributed by atoms with Crippen molar-refractivity contribution in [2.75, 3.05) is 5.73 Å². The number of hydrogen-bond donors (Lipinski definition) is 2. The van der Waals surface area contributed by atoms with Gasteiger partial charge in [0.25, 0.3) is 10.1 Å². The highest BCUT2D eigenvalue weighted by atomic mass is 32.2. The van der Waals surface area contributed by atoms with Crippen LogP contribution in [0.3, 0.4) is 0 Å². The summed E-state index contributed by atoms with van der Waals surface area (Å²) in [5.74, 6) is 0.409. The summed E-state index contributed by atoms with van der Waals surface area (Å²) in [6, 6.07) is 15.3. The van der Waals surface area contributed by atoms with Crippen molar-refractivity contribution in [2.45, 2.75) is 18.7 Å². The van der Waals surface area contributed by atoms with Crippen molar-refractivity contribution in [1.29, 1.82) is 5.26 Å². The van der Waals surface area contributed by atoms with Gasteiger partial charge in [-0.25, -0.2) is 9.36 Å². The van der Waals surface area contributed by atoms with Crippen LogP contribution in [-0.4, -0.2) is 32.5 Å². The molecule has 12 heteroatoms. The van der Waals surface area contributed by atoms with E-state index in [0.717, 1.165) is 5.69 Å². The highest BCUT2D eigenvalue weighted by Gasteiger charge is 2.18. The lowest BCUT2D eigenvalue weighted by Crippen LogP contribution is -2.03. The lowest BCUT2D eigenvalue weighted by atomic mass is 10.2. The summed E-state index contributed by atoms with van der Waals surface area (Å²) in [7, 11) is -4.36. The van der Waals surface area contributed by atoms with E-state index in [1.807, 2.05) is 36.4 Å². The molecular weight excluding hydrogens is 444 g/mol. The predicted octanol–water partition coefficient (Wildman–Crippen LogP) is 3.79. The molecule has 2 aromatic carbocycles. The van der Waals surface area contributed by atoms with Crippen molar-refractivity contribution in [1.82, 2.24) is 19.6 Å². The van der Waals surface area contributed by atoms with Crippen molar-refractivity contribution >= 4 is 27.4 Å². The van der Waals surface area contributed by atoms with Crippen LogP contribution in [0.5, 0.6) is 0 Å². The third-order valence-electron chi connectivity index (χ3n) is 4.87. The normalized spacial score (nSPS) is 11.7. The molecule has 0 aliphatic carbocycles. The van der Waals surface area contributed by atoms with E-state index in [1.54, 1.807) is 18.5 Å². The molecule has 0 aliphatic rings. The number of nitrogens with zero attached hydrogens (tertiary/aromatic N) is 7. The summed E-state index contributed by atoms with van der Waals surface area (Å²) >= 11 is 0. The summed E-state index contributed by atoms with van der Waals surface area (Å²) in [5, 5.41) is 26.6. The van der Waals surface area contributed by atoms with E-state index in [2.05, 4.69) is 20.4 Å². The molecule has 0 saturated carbocycles. The van der Waals surface area contributed by atoms with E-state index in [4.69, 9.17) is 5.73 Å². The van der Waals surface area contributed by atoms with Gasteiger partial charge < -0.3 is 5.73 Å². The van der Waals surface area contributed by atoms with Gasteiger partial charge in [0.1, 0.15) is 11.6 Å². The van der Waals surface area contributed by atoms with E-state index in [1.165, 1.54) is 29.1 Å². The molecule has 0 bridgehead atoms. The molecule has 4 aromatic rings. The Morgan fingerprint density at radius 2 is 1.82 bits per heavy atom. The minimum absolute atomic E-state index is 0.131. The topological polar surface area (TPSA) is 165 Å². The number of para-hydroxylation sites is 1. The molecule has 3 N–H and O–H groups in total. The number of benzene rings is 2. The monoisotopic (exact) mass is 462 g/mol. The van der Waals surface area contributed by atoms with Gasteiger partial charge in [0.05, 0.1) is 28.2 Å².